The molecule has 2 unspecified atom stereocenters. The van der Waals surface area contributed by atoms with Gasteiger partial charge in [-0.25, -0.2) is 8.78 Å². The second kappa shape index (κ2) is 12.7. The number of rotatable bonds is 7. The van der Waals surface area contributed by atoms with E-state index in [0.29, 0.717) is 62.1 Å². The summed E-state index contributed by atoms with van der Waals surface area (Å²) in [7, 11) is 0. The van der Waals surface area contributed by atoms with Crippen LogP contribution in [0, 0.1) is 29.4 Å². The first-order chi connectivity index (χ1) is 23.8. The molecule has 11 heteroatoms. The number of aromatic hydroxyl groups is 1. The number of piperidine rings is 1. The van der Waals surface area contributed by atoms with Crippen molar-refractivity contribution >= 4 is 27.5 Å². The number of phenols is 1. The highest BCUT2D eigenvalue weighted by Gasteiger charge is 2.50. The molecule has 0 spiro atoms. The lowest BCUT2D eigenvalue weighted by atomic mass is 9.73. The van der Waals surface area contributed by atoms with Gasteiger partial charge in [0.05, 0.1) is 29.8 Å². The molecule has 2 atom stereocenters. The molecule has 9 nitrogen and oxygen atoms in total. The first-order valence-electron chi connectivity index (χ1n) is 17.5. The highest BCUT2D eigenvalue weighted by Crippen LogP contribution is 2.49. The number of hydrogen-bond donors (Lipinski definition) is 2. The molecule has 2 N–H and O–H groups in total. The molecule has 4 aromatic rings. The average molecular weight is 670 g/mol. The molecule has 8 rings (SSSR count). The van der Waals surface area contributed by atoms with Crippen LogP contribution in [0.1, 0.15) is 63.4 Å². The van der Waals surface area contributed by atoms with Gasteiger partial charge < -0.3 is 24.6 Å². The van der Waals surface area contributed by atoms with E-state index in [-0.39, 0.29) is 44.9 Å². The van der Waals surface area contributed by atoms with Crippen LogP contribution in [0.4, 0.5) is 14.6 Å². The molecular weight excluding hydrogens is 628 g/mol. The fraction of sp³-hybridized carbons (Fsp3) is 0.500. The van der Waals surface area contributed by atoms with Crippen molar-refractivity contribution < 1.29 is 28.5 Å². The quantitative estimate of drug-likeness (QED) is 0.231. The van der Waals surface area contributed by atoms with Crippen molar-refractivity contribution in [3.63, 3.8) is 0 Å². The van der Waals surface area contributed by atoms with E-state index in [4.69, 9.17) is 20.9 Å². The lowest BCUT2D eigenvalue weighted by Gasteiger charge is -2.50. The van der Waals surface area contributed by atoms with Crippen LogP contribution < -0.4 is 9.64 Å². The Morgan fingerprint density at radius 1 is 1.02 bits per heavy atom. The van der Waals surface area contributed by atoms with E-state index < -0.39 is 17.2 Å². The minimum absolute atomic E-state index is 0.0169. The predicted molar refractivity (Wildman–Crippen MR) is 183 cm³/mol. The average Bonchev–Trinajstić information content (AvgIpc) is 3.34. The monoisotopic (exact) mass is 669 g/mol. The molecule has 0 amide bonds. The molecule has 0 bridgehead atoms. The maximum Gasteiger partial charge on any atom is 0.319 e. The predicted octanol–water partition coefficient (Wildman–Crippen LogP) is 5.97. The second-order valence-corrected chi connectivity index (χ2v) is 14.3. The van der Waals surface area contributed by atoms with Crippen LogP contribution in [0.15, 0.2) is 30.5 Å². The van der Waals surface area contributed by atoms with Crippen molar-refractivity contribution in [2.24, 2.45) is 5.41 Å². The van der Waals surface area contributed by atoms with Gasteiger partial charge in [0.25, 0.3) is 0 Å². The van der Waals surface area contributed by atoms with Gasteiger partial charge in [-0.2, -0.15) is 9.97 Å². The molecule has 2 aromatic carbocycles. The Morgan fingerprint density at radius 3 is 2.69 bits per heavy atom. The number of aliphatic hydroxyl groups is 1. The number of ether oxygens (including phenoxy) is 2. The Morgan fingerprint density at radius 2 is 1.88 bits per heavy atom. The first kappa shape index (κ1) is 32.1. The standard InChI is InChI=1S/C38H41F2N5O4/c1-2-26-29(39)9-8-24-19-25(46)20-27(31(24)26)33-32(40)34-28(21-41-33)35(44-15-6-17-48-18-16-44)43-36(42-34)49-23-37-10-3-7-30(37)45(14-5-11-37)22-38(47)12-4-13-38/h1,8-9,19-21,30,46-47H,3-7,10-18,22-23H2. The van der Waals surface area contributed by atoms with Gasteiger partial charge in [0.1, 0.15) is 28.6 Å². The Kier molecular flexibility index (Phi) is 8.29. The SMILES string of the molecule is C#Cc1c(F)ccc2cc(O)cc(-c3ncc4c(N5CCCOCC5)nc(OCC56CCCC5N(CC5(O)CCC5)CCC6)nc4c3F)c12. The van der Waals surface area contributed by atoms with Crippen molar-refractivity contribution in [2.75, 3.05) is 50.9 Å². The molecule has 2 saturated heterocycles. The minimum atomic E-state index is -0.745. The zero-order valence-corrected chi connectivity index (χ0v) is 27.6. The number of halogens is 2. The third-order valence-corrected chi connectivity index (χ3v) is 11.3. The van der Waals surface area contributed by atoms with Gasteiger partial charge >= 0.3 is 6.01 Å². The summed E-state index contributed by atoms with van der Waals surface area (Å²) >= 11 is 0. The molecule has 2 aliphatic carbocycles. The summed E-state index contributed by atoms with van der Waals surface area (Å²) in [6.45, 7) is 4.39. The normalized spacial score (nSPS) is 24.0. The van der Waals surface area contributed by atoms with Crippen LogP contribution in [-0.2, 0) is 4.74 Å². The highest BCUT2D eigenvalue weighted by molar-refractivity contribution is 6.03. The van der Waals surface area contributed by atoms with E-state index in [9.17, 15) is 14.6 Å². The van der Waals surface area contributed by atoms with Crippen molar-refractivity contribution in [1.29, 1.82) is 0 Å². The lowest BCUT2D eigenvalue weighted by molar-refractivity contribution is -0.0921. The summed E-state index contributed by atoms with van der Waals surface area (Å²) in [5.74, 6) is 1.40. The van der Waals surface area contributed by atoms with E-state index in [1.165, 1.54) is 30.5 Å². The van der Waals surface area contributed by atoms with Gasteiger partial charge in [-0.1, -0.05) is 18.4 Å². The van der Waals surface area contributed by atoms with E-state index in [1.54, 1.807) is 0 Å². The van der Waals surface area contributed by atoms with E-state index in [0.717, 1.165) is 64.3 Å². The number of nitrogens with zero attached hydrogens (tertiary/aromatic N) is 5. The number of hydrogen-bond acceptors (Lipinski definition) is 9. The lowest BCUT2D eigenvalue weighted by Crippen LogP contribution is -2.57. The maximum atomic E-state index is 16.9. The Hall–Kier alpha value is -4.11. The molecule has 4 heterocycles. The van der Waals surface area contributed by atoms with Gasteiger partial charge in [0.2, 0.25) is 0 Å². The first-order valence-corrected chi connectivity index (χ1v) is 17.5. The van der Waals surface area contributed by atoms with Crippen molar-refractivity contribution in [3.05, 3.63) is 47.7 Å². The number of aromatic nitrogens is 3. The summed E-state index contributed by atoms with van der Waals surface area (Å²) in [6.07, 6.45) is 16.0. The van der Waals surface area contributed by atoms with E-state index >= 15 is 4.39 Å². The number of likely N-dealkylation sites (tertiary alicyclic amines) is 1. The summed E-state index contributed by atoms with van der Waals surface area (Å²) in [5.41, 5.74) is -0.667. The van der Waals surface area contributed by atoms with Crippen LogP contribution in [0.2, 0.25) is 0 Å². The largest absolute Gasteiger partial charge is 0.508 e. The molecule has 2 saturated carbocycles. The number of pyridine rings is 1. The van der Waals surface area contributed by atoms with Crippen LogP contribution in [0.3, 0.4) is 0 Å². The van der Waals surface area contributed by atoms with Gasteiger partial charge in [-0.15, -0.1) is 6.42 Å². The van der Waals surface area contributed by atoms with Crippen molar-refractivity contribution in [2.45, 2.75) is 69.4 Å². The number of terminal acetylenes is 1. The van der Waals surface area contributed by atoms with Crippen molar-refractivity contribution in [3.8, 4) is 35.4 Å². The smallest absolute Gasteiger partial charge is 0.319 e. The molecule has 4 fully saturated rings. The topological polar surface area (TPSA) is 104 Å². The second-order valence-electron chi connectivity index (χ2n) is 14.3. The summed E-state index contributed by atoms with van der Waals surface area (Å²) < 4.78 is 44.0. The molecule has 256 valence electrons. The van der Waals surface area contributed by atoms with Crippen LogP contribution >= 0.6 is 0 Å². The van der Waals surface area contributed by atoms with Crippen LogP contribution in [0.5, 0.6) is 11.8 Å². The van der Waals surface area contributed by atoms with Gasteiger partial charge in [0.15, 0.2) is 5.82 Å². The number of benzene rings is 2. The number of β-amino-alcohol motifs (C(OH)–C–C–N with tert-alkyl or cyclic N) is 1. The van der Waals surface area contributed by atoms with E-state index in [2.05, 4.69) is 25.7 Å². The molecule has 0 radical (unpaired) electrons. The molecule has 4 aliphatic rings. The fourth-order valence-electron chi connectivity index (χ4n) is 8.76. The Bertz CT molecular complexity index is 1950. The number of anilines is 1. The minimum Gasteiger partial charge on any atom is -0.508 e. The third-order valence-electron chi connectivity index (χ3n) is 11.3. The number of phenolic OH excluding ortho intramolecular Hbond substituents is 1. The van der Waals surface area contributed by atoms with Gasteiger partial charge in [-0.05, 0) is 81.5 Å². The third kappa shape index (κ3) is 5.73. The summed E-state index contributed by atoms with van der Waals surface area (Å²) in [5, 5.41) is 22.7. The Balaban J connectivity index is 1.20. The fourth-order valence-corrected chi connectivity index (χ4v) is 8.76. The molecular formula is C38H41F2N5O4. The van der Waals surface area contributed by atoms with Crippen molar-refractivity contribution in [1.82, 2.24) is 19.9 Å². The van der Waals surface area contributed by atoms with Crippen LogP contribution in [0.25, 0.3) is 32.9 Å². The molecule has 49 heavy (non-hydrogen) atoms. The Labute approximate surface area is 284 Å². The molecule has 2 aromatic heterocycles. The van der Waals surface area contributed by atoms with Gasteiger partial charge in [-0.3, -0.25) is 9.88 Å². The van der Waals surface area contributed by atoms with E-state index in [1.807, 2.05) is 0 Å². The zero-order valence-electron chi connectivity index (χ0n) is 27.6. The number of fused-ring (bicyclic) bond motifs is 3. The zero-order chi connectivity index (χ0) is 33.8. The van der Waals surface area contributed by atoms with Gasteiger partial charge in [0, 0.05) is 54.8 Å². The van der Waals surface area contributed by atoms with Crippen LogP contribution in [-0.4, -0.2) is 87.7 Å². The summed E-state index contributed by atoms with van der Waals surface area (Å²) in [6, 6.07) is 5.91. The molecule has 2 aliphatic heterocycles. The highest BCUT2D eigenvalue weighted by atomic mass is 19.1. The maximum absolute atomic E-state index is 16.9. The summed E-state index contributed by atoms with van der Waals surface area (Å²) in [4.78, 5) is 18.6.